The van der Waals surface area contributed by atoms with Crippen LogP contribution in [0.15, 0.2) is 0 Å². The van der Waals surface area contributed by atoms with E-state index in [9.17, 15) is 0 Å². The molecule has 0 aromatic rings. The van der Waals surface area contributed by atoms with Crippen molar-refractivity contribution in [2.75, 3.05) is 32.9 Å². The summed E-state index contributed by atoms with van der Waals surface area (Å²) in [5.41, 5.74) is 0. The molecule has 1 rings (SSSR count). The summed E-state index contributed by atoms with van der Waals surface area (Å²) >= 11 is 2.05. The van der Waals surface area contributed by atoms with Crippen LogP contribution < -0.4 is 5.32 Å². The Labute approximate surface area is 99.2 Å². The van der Waals surface area contributed by atoms with Crippen LogP contribution in [0.2, 0.25) is 0 Å². The van der Waals surface area contributed by atoms with Crippen LogP contribution >= 0.6 is 11.8 Å². The first-order chi connectivity index (χ1) is 7.19. The van der Waals surface area contributed by atoms with Crippen molar-refractivity contribution in [1.82, 2.24) is 10.2 Å². The molecule has 1 heterocycles. The molecule has 0 aromatic carbocycles. The molecule has 0 bridgehead atoms. The van der Waals surface area contributed by atoms with E-state index in [0.29, 0.717) is 4.75 Å². The van der Waals surface area contributed by atoms with Crippen LogP contribution in [0, 0.1) is 0 Å². The summed E-state index contributed by atoms with van der Waals surface area (Å²) in [5.74, 6) is 0. The lowest BCUT2D eigenvalue weighted by atomic mass is 10.0. The molecule has 0 amide bonds. The normalized spacial score (nSPS) is 23.6. The minimum atomic E-state index is 0.489. The van der Waals surface area contributed by atoms with Gasteiger partial charge in [-0.25, -0.2) is 0 Å². The van der Waals surface area contributed by atoms with Crippen LogP contribution in [0.3, 0.4) is 0 Å². The van der Waals surface area contributed by atoms with E-state index in [1.807, 2.05) is 0 Å². The quantitative estimate of drug-likeness (QED) is 0.753. The number of hydrogen-bond donors (Lipinski definition) is 1. The van der Waals surface area contributed by atoms with Crippen molar-refractivity contribution >= 4 is 11.8 Å². The lowest BCUT2D eigenvalue weighted by molar-refractivity contribution is 0.283. The second kappa shape index (κ2) is 6.12. The second-order valence-electron chi connectivity index (χ2n) is 4.60. The number of nitrogens with zero attached hydrogens (tertiary/aromatic N) is 1. The van der Waals surface area contributed by atoms with Gasteiger partial charge in [-0.2, -0.15) is 11.8 Å². The van der Waals surface area contributed by atoms with Crippen LogP contribution in [0.4, 0.5) is 0 Å². The molecule has 2 nitrogen and oxygen atoms in total. The SMILES string of the molecule is CCC(CC)(CN1CCC(NC)C1)SC. The largest absolute Gasteiger partial charge is 0.316 e. The Morgan fingerprint density at radius 2 is 2.07 bits per heavy atom. The molecule has 1 aliphatic rings. The van der Waals surface area contributed by atoms with Crippen molar-refractivity contribution < 1.29 is 0 Å². The van der Waals surface area contributed by atoms with E-state index < -0.39 is 0 Å². The van der Waals surface area contributed by atoms with E-state index in [1.165, 1.54) is 38.9 Å². The maximum atomic E-state index is 3.39. The van der Waals surface area contributed by atoms with Gasteiger partial charge in [0, 0.05) is 23.9 Å². The van der Waals surface area contributed by atoms with Gasteiger partial charge in [-0.3, -0.25) is 0 Å². The third-order valence-electron chi connectivity index (χ3n) is 3.91. The highest BCUT2D eigenvalue weighted by atomic mass is 32.2. The lowest BCUT2D eigenvalue weighted by Gasteiger charge is -2.34. The maximum Gasteiger partial charge on any atom is 0.0279 e. The van der Waals surface area contributed by atoms with Gasteiger partial charge in [0.05, 0.1) is 0 Å². The van der Waals surface area contributed by atoms with Gasteiger partial charge >= 0.3 is 0 Å². The summed E-state index contributed by atoms with van der Waals surface area (Å²) < 4.78 is 0.489. The first-order valence-electron chi connectivity index (χ1n) is 6.14. The van der Waals surface area contributed by atoms with Crippen molar-refractivity contribution in [3.63, 3.8) is 0 Å². The Morgan fingerprint density at radius 1 is 1.40 bits per heavy atom. The molecule has 90 valence electrons. The van der Waals surface area contributed by atoms with Gasteiger partial charge in [0.2, 0.25) is 0 Å². The summed E-state index contributed by atoms with van der Waals surface area (Å²) in [6.07, 6.45) is 6.14. The van der Waals surface area contributed by atoms with Crippen LogP contribution in [-0.4, -0.2) is 48.6 Å². The van der Waals surface area contributed by atoms with Crippen molar-refractivity contribution in [1.29, 1.82) is 0 Å². The first kappa shape index (κ1) is 13.3. The van der Waals surface area contributed by atoms with Crippen molar-refractivity contribution in [3.05, 3.63) is 0 Å². The molecule has 3 heteroatoms. The molecule has 0 saturated carbocycles. The number of likely N-dealkylation sites (tertiary alicyclic amines) is 1. The Bertz CT molecular complexity index is 172. The highest BCUT2D eigenvalue weighted by molar-refractivity contribution is 8.00. The Hall–Kier alpha value is 0.270. The fourth-order valence-electron chi connectivity index (χ4n) is 2.45. The predicted molar refractivity (Wildman–Crippen MR) is 70.7 cm³/mol. The first-order valence-corrected chi connectivity index (χ1v) is 7.37. The summed E-state index contributed by atoms with van der Waals surface area (Å²) in [5, 5.41) is 3.39. The maximum absolute atomic E-state index is 3.39. The molecule has 0 radical (unpaired) electrons. The highest BCUT2D eigenvalue weighted by Gasteiger charge is 2.31. The molecule has 0 aromatic heterocycles. The zero-order valence-electron chi connectivity index (χ0n) is 10.7. The summed E-state index contributed by atoms with van der Waals surface area (Å²) in [6, 6.07) is 0.721. The van der Waals surface area contributed by atoms with Crippen molar-refractivity contribution in [2.45, 2.75) is 43.9 Å². The van der Waals surface area contributed by atoms with Crippen LogP contribution in [0.5, 0.6) is 0 Å². The van der Waals surface area contributed by atoms with E-state index in [-0.39, 0.29) is 0 Å². The second-order valence-corrected chi connectivity index (χ2v) is 5.88. The number of thioether (sulfide) groups is 1. The van der Waals surface area contributed by atoms with Gasteiger partial charge < -0.3 is 10.2 Å². The summed E-state index contributed by atoms with van der Waals surface area (Å²) in [4.78, 5) is 2.63. The lowest BCUT2D eigenvalue weighted by Crippen LogP contribution is -2.40. The molecular formula is C12H26N2S. The number of nitrogens with one attached hydrogen (secondary N) is 1. The van der Waals surface area contributed by atoms with Gasteiger partial charge in [0.25, 0.3) is 0 Å². The zero-order valence-corrected chi connectivity index (χ0v) is 11.5. The third kappa shape index (κ3) is 3.36. The van der Waals surface area contributed by atoms with Gasteiger partial charge in [-0.05, 0) is 39.1 Å². The fourth-order valence-corrected chi connectivity index (χ4v) is 3.34. The Morgan fingerprint density at radius 3 is 2.47 bits per heavy atom. The summed E-state index contributed by atoms with van der Waals surface area (Å²) in [6.45, 7) is 8.42. The molecule has 1 saturated heterocycles. The third-order valence-corrected chi connectivity index (χ3v) is 5.49. The average Bonchev–Trinajstić information content (AvgIpc) is 2.73. The van der Waals surface area contributed by atoms with E-state index in [0.717, 1.165) is 6.04 Å². The predicted octanol–water partition coefficient (Wildman–Crippen LogP) is 2.20. The van der Waals surface area contributed by atoms with Crippen LogP contribution in [0.25, 0.3) is 0 Å². The molecule has 15 heavy (non-hydrogen) atoms. The monoisotopic (exact) mass is 230 g/mol. The number of hydrogen-bond acceptors (Lipinski definition) is 3. The average molecular weight is 230 g/mol. The molecule has 0 aliphatic carbocycles. The summed E-state index contributed by atoms with van der Waals surface area (Å²) in [7, 11) is 2.08. The molecule has 1 fully saturated rings. The van der Waals surface area contributed by atoms with E-state index in [4.69, 9.17) is 0 Å². The van der Waals surface area contributed by atoms with Crippen molar-refractivity contribution in [2.24, 2.45) is 0 Å². The topological polar surface area (TPSA) is 15.3 Å². The number of likely N-dealkylation sites (N-methyl/N-ethyl adjacent to an activating group) is 1. The molecule has 0 spiro atoms. The van der Waals surface area contributed by atoms with Gasteiger partial charge in [-0.1, -0.05) is 13.8 Å². The van der Waals surface area contributed by atoms with Crippen LogP contribution in [-0.2, 0) is 0 Å². The number of rotatable bonds is 6. The molecule has 1 atom stereocenters. The Balaban J connectivity index is 2.45. The van der Waals surface area contributed by atoms with Gasteiger partial charge in [-0.15, -0.1) is 0 Å². The van der Waals surface area contributed by atoms with E-state index in [2.05, 4.69) is 49.1 Å². The minimum absolute atomic E-state index is 0.489. The van der Waals surface area contributed by atoms with Crippen LogP contribution in [0.1, 0.15) is 33.1 Å². The molecular weight excluding hydrogens is 204 g/mol. The van der Waals surface area contributed by atoms with E-state index >= 15 is 0 Å². The fraction of sp³-hybridized carbons (Fsp3) is 1.00. The minimum Gasteiger partial charge on any atom is -0.316 e. The molecule has 1 unspecified atom stereocenters. The Kier molecular flexibility index (Phi) is 5.44. The standard InChI is InChI=1S/C12H26N2S/c1-5-12(6-2,15-4)10-14-8-7-11(9-14)13-3/h11,13H,5-10H2,1-4H3. The van der Waals surface area contributed by atoms with Crippen molar-refractivity contribution in [3.8, 4) is 0 Å². The van der Waals surface area contributed by atoms with Gasteiger partial charge in [0.15, 0.2) is 0 Å². The zero-order chi connectivity index (χ0) is 11.3. The molecule has 1 N–H and O–H groups in total. The highest BCUT2D eigenvalue weighted by Crippen LogP contribution is 2.32. The van der Waals surface area contributed by atoms with E-state index in [1.54, 1.807) is 0 Å². The molecule has 1 aliphatic heterocycles. The smallest absolute Gasteiger partial charge is 0.0279 e. The van der Waals surface area contributed by atoms with Gasteiger partial charge in [0.1, 0.15) is 0 Å².